The van der Waals surface area contributed by atoms with E-state index in [0.29, 0.717) is 0 Å². The van der Waals surface area contributed by atoms with Crippen molar-refractivity contribution in [1.29, 1.82) is 0 Å². The van der Waals surface area contributed by atoms with Crippen LogP contribution >= 0.6 is 11.3 Å². The van der Waals surface area contributed by atoms with Crippen molar-refractivity contribution in [2.45, 2.75) is 75.0 Å². The third-order valence-electron chi connectivity index (χ3n) is 29.0. The molecule has 2 heterocycles. The smallest absolute Gasteiger partial charge is 0.135 e. The maximum Gasteiger partial charge on any atom is 0.135 e. The fourth-order valence-corrected chi connectivity index (χ4v) is 25.9. The number of hydrogen-bond acceptors (Lipinski definition) is 4. The highest BCUT2D eigenvalue weighted by Crippen LogP contribution is 2.72. The van der Waals surface area contributed by atoms with Crippen LogP contribution in [0.2, 0.25) is 0 Å². The number of para-hydroxylation sites is 2. The normalized spacial score (nSPS) is 22.6. The lowest BCUT2D eigenvalue weighted by Crippen LogP contribution is -2.55. The quantitative estimate of drug-likeness (QED) is 0.129. The molecule has 3 nitrogen and oxygen atoms in total. The molecular formula is C110H86N2OS. The molecule has 0 radical (unpaired) electrons. The molecule has 8 saturated carbocycles. The minimum atomic E-state index is 0.193. The minimum Gasteiger partial charge on any atom is -0.456 e. The lowest BCUT2D eigenvalue weighted by molar-refractivity contribution is -0.0399. The van der Waals surface area contributed by atoms with Crippen molar-refractivity contribution in [1.82, 2.24) is 0 Å². The number of benzene rings is 15. The molecule has 10 aliphatic rings. The van der Waals surface area contributed by atoms with Gasteiger partial charge in [-0.25, -0.2) is 0 Å². The van der Waals surface area contributed by atoms with Gasteiger partial charge in [0.25, 0.3) is 0 Å². The van der Waals surface area contributed by atoms with Gasteiger partial charge in [0.2, 0.25) is 0 Å². The molecule has 15 aromatic carbocycles. The van der Waals surface area contributed by atoms with Crippen molar-refractivity contribution in [2.75, 3.05) is 9.80 Å². The Bertz CT molecular complexity index is 6550. The maximum atomic E-state index is 6.17. The summed E-state index contributed by atoms with van der Waals surface area (Å²) in [6.07, 6.45) is 14.3. The van der Waals surface area contributed by atoms with Gasteiger partial charge >= 0.3 is 0 Å². The molecule has 27 rings (SSSR count). The Kier molecular flexibility index (Phi) is 15.3. The number of rotatable bonds is 11. The van der Waals surface area contributed by atoms with Gasteiger partial charge in [0.15, 0.2) is 0 Å². The van der Waals surface area contributed by atoms with E-state index in [4.69, 9.17) is 4.42 Å². The van der Waals surface area contributed by atoms with Gasteiger partial charge < -0.3 is 14.2 Å². The highest BCUT2D eigenvalue weighted by atomic mass is 32.1. The van der Waals surface area contributed by atoms with E-state index in [1.165, 1.54) is 162 Å². The maximum absolute atomic E-state index is 6.17. The van der Waals surface area contributed by atoms with Gasteiger partial charge in [0, 0.05) is 75.9 Å². The molecule has 17 aromatic rings. The van der Waals surface area contributed by atoms with E-state index in [1.807, 2.05) is 23.5 Å². The summed E-state index contributed by atoms with van der Waals surface area (Å²) in [4.78, 5) is 4.73. The van der Waals surface area contributed by atoms with Crippen LogP contribution in [0.3, 0.4) is 0 Å². The average Bonchev–Trinajstić information content (AvgIpc) is 1.48. The molecule has 548 valence electrons. The molecule has 10 aliphatic carbocycles. The van der Waals surface area contributed by atoms with Crippen LogP contribution in [0.25, 0.3) is 120 Å². The van der Waals surface area contributed by atoms with Crippen molar-refractivity contribution in [3.05, 3.63) is 374 Å². The number of furan rings is 1. The summed E-state index contributed by atoms with van der Waals surface area (Å²) in [5, 5.41) is 4.90. The Hall–Kier alpha value is -12.1. The molecule has 0 atom stereocenters. The van der Waals surface area contributed by atoms with Crippen LogP contribution in [0.5, 0.6) is 0 Å². The molecular weight excluding hydrogens is 1400 g/mol. The van der Waals surface area contributed by atoms with Gasteiger partial charge in [-0.1, -0.05) is 261 Å². The Morgan fingerprint density at radius 3 is 1.07 bits per heavy atom. The second-order valence-electron chi connectivity index (χ2n) is 34.6. The van der Waals surface area contributed by atoms with E-state index < -0.39 is 0 Å². The number of fused-ring (bicyclic) bond motifs is 12. The van der Waals surface area contributed by atoms with Crippen LogP contribution in [0.15, 0.2) is 356 Å². The molecule has 0 aliphatic heterocycles. The zero-order valence-corrected chi connectivity index (χ0v) is 64.7. The van der Waals surface area contributed by atoms with Crippen LogP contribution in [0, 0.1) is 47.3 Å². The van der Waals surface area contributed by atoms with Crippen LogP contribution in [-0.4, -0.2) is 0 Å². The minimum absolute atomic E-state index is 0.193. The first-order valence-corrected chi connectivity index (χ1v) is 42.7. The van der Waals surface area contributed by atoms with Gasteiger partial charge in [0.1, 0.15) is 11.2 Å². The monoisotopic (exact) mass is 1480 g/mol. The standard InChI is InChI=1S/C58H45NS.C52H41NO/c1-2-9-39(10-3-1)41-21-25-46(26-22-41)59(48-29-30-51-50-11-5-7-16-55(50)60-56(51)36-48)47-27-23-42(24-28-47)40-17-19-43(20-18-40)49-13-8-15-54-57(49)52-12-4-6-14-53(52)58(54)44-32-37-31-38(34-44)35-45(58)33-37;1-2-9-40(10-3-1)53(42-25-26-50-46(32-42)44-11-5-7-16-49(44)54-50)41-23-21-36(22-24-41)35-17-19-37(20-18-35)43-13-8-15-48-51(43)45-12-4-6-14-47(45)52(48)38-28-33-27-34(30-38)31-39(52)29-33/h1-30,36-38,44-45H,31-35H2;1-26,32-34,38-39H,27-31H2. The first-order valence-electron chi connectivity index (χ1n) is 41.9. The number of hydrogen-bond donors (Lipinski definition) is 0. The molecule has 8 fully saturated rings. The Labute approximate surface area is 671 Å². The van der Waals surface area contributed by atoms with E-state index in [0.717, 1.165) is 103 Å². The van der Waals surface area contributed by atoms with Crippen molar-refractivity contribution >= 4 is 87.6 Å². The van der Waals surface area contributed by atoms with Crippen LogP contribution in [0.4, 0.5) is 34.1 Å². The van der Waals surface area contributed by atoms with Crippen molar-refractivity contribution in [3.8, 4) is 77.9 Å². The van der Waals surface area contributed by atoms with Crippen LogP contribution < -0.4 is 9.80 Å². The first-order chi connectivity index (χ1) is 56.4. The SMILES string of the molecule is c1ccc(-c2ccc(N(c3ccc(-c4ccc(-c5cccc6c5-c5ccccc5C65C6CC7CC(C6)CC5C7)cc4)cc3)c3ccc4c(c3)sc3ccccc34)cc2)cc1.c1ccc(N(c2ccc(-c3ccc(-c4cccc5c4-c4ccccc4C54C5CC6CC(C5)CC4C6)cc3)cc2)c2ccc3oc4ccccc4c3c2)cc1. The lowest BCUT2D eigenvalue weighted by atomic mass is 9.43. The molecule has 2 aromatic heterocycles. The molecule has 4 heteroatoms. The zero-order chi connectivity index (χ0) is 74.7. The van der Waals surface area contributed by atoms with E-state index >= 15 is 0 Å². The molecule has 0 unspecified atom stereocenters. The highest BCUT2D eigenvalue weighted by Gasteiger charge is 2.63. The molecule has 0 amide bonds. The van der Waals surface area contributed by atoms with Crippen molar-refractivity contribution in [3.63, 3.8) is 0 Å². The number of nitrogens with zero attached hydrogens (tertiary/aromatic N) is 2. The Morgan fingerprint density at radius 2 is 0.570 bits per heavy atom. The Balaban J connectivity index is 0.000000132. The topological polar surface area (TPSA) is 19.6 Å². The largest absolute Gasteiger partial charge is 0.456 e. The molecule has 8 bridgehead atoms. The summed E-state index contributed by atoms with van der Waals surface area (Å²) in [7, 11) is 0. The van der Waals surface area contributed by atoms with Gasteiger partial charge in [-0.2, -0.15) is 0 Å². The fraction of sp³-hybridized carbons (Fsp3) is 0.182. The van der Waals surface area contributed by atoms with Gasteiger partial charge in [-0.15, -0.1) is 11.3 Å². The molecule has 2 spiro atoms. The van der Waals surface area contributed by atoms with E-state index in [2.05, 4.69) is 350 Å². The van der Waals surface area contributed by atoms with Crippen molar-refractivity contribution < 1.29 is 4.42 Å². The van der Waals surface area contributed by atoms with Gasteiger partial charge in [0.05, 0.1) is 0 Å². The summed E-state index contributed by atoms with van der Waals surface area (Å²) < 4.78 is 8.79. The molecule has 0 N–H and O–H groups in total. The lowest BCUT2D eigenvalue weighted by Gasteiger charge is -2.61. The van der Waals surface area contributed by atoms with Gasteiger partial charge in [-0.3, -0.25) is 0 Å². The summed E-state index contributed by atoms with van der Waals surface area (Å²) in [5.74, 6) is 6.92. The fourth-order valence-electron chi connectivity index (χ4n) is 24.8. The second kappa shape index (κ2) is 26.2. The average molecular weight is 1480 g/mol. The highest BCUT2D eigenvalue weighted by molar-refractivity contribution is 7.25. The summed E-state index contributed by atoms with van der Waals surface area (Å²) in [5.41, 5.74) is 34.2. The van der Waals surface area contributed by atoms with Crippen LogP contribution in [-0.2, 0) is 10.8 Å². The number of thiophene rings is 1. The summed E-state index contributed by atoms with van der Waals surface area (Å²) >= 11 is 1.87. The summed E-state index contributed by atoms with van der Waals surface area (Å²) in [6.45, 7) is 0. The molecule has 114 heavy (non-hydrogen) atoms. The predicted octanol–water partition coefficient (Wildman–Crippen LogP) is 30.4. The van der Waals surface area contributed by atoms with E-state index in [-0.39, 0.29) is 10.8 Å². The predicted molar refractivity (Wildman–Crippen MR) is 476 cm³/mol. The third-order valence-corrected chi connectivity index (χ3v) is 30.1. The van der Waals surface area contributed by atoms with Gasteiger partial charge in [-0.05, 0) is 303 Å². The van der Waals surface area contributed by atoms with E-state index in [1.54, 1.807) is 22.3 Å². The number of anilines is 6. The van der Waals surface area contributed by atoms with E-state index in [9.17, 15) is 0 Å². The zero-order valence-electron chi connectivity index (χ0n) is 63.9. The third kappa shape index (κ3) is 10.3. The Morgan fingerprint density at radius 1 is 0.228 bits per heavy atom. The molecule has 0 saturated heterocycles. The van der Waals surface area contributed by atoms with Crippen LogP contribution in [0.1, 0.15) is 86.5 Å². The summed E-state index contributed by atoms with van der Waals surface area (Å²) in [6, 6.07) is 131. The van der Waals surface area contributed by atoms with Crippen molar-refractivity contribution in [2.24, 2.45) is 47.3 Å². The first kappa shape index (κ1) is 66.5. The second-order valence-corrected chi connectivity index (χ2v) is 35.7.